The molecule has 1 unspecified atom stereocenters. The van der Waals surface area contributed by atoms with Crippen LogP contribution in [0.2, 0.25) is 0 Å². The van der Waals surface area contributed by atoms with Crippen LogP contribution in [0.3, 0.4) is 0 Å². The monoisotopic (exact) mass is 620 g/mol. The van der Waals surface area contributed by atoms with Crippen molar-refractivity contribution in [2.75, 3.05) is 0 Å². The zero-order valence-electron chi connectivity index (χ0n) is 22.7. The molecule has 0 heterocycles. The summed E-state index contributed by atoms with van der Waals surface area (Å²) in [6, 6.07) is 19.3. The third-order valence-electron chi connectivity index (χ3n) is 9.52. The summed E-state index contributed by atoms with van der Waals surface area (Å²) in [7, 11) is 0. The van der Waals surface area contributed by atoms with Crippen molar-refractivity contribution in [1.29, 1.82) is 0 Å². The quantitative estimate of drug-likeness (QED) is 0.365. The second kappa shape index (κ2) is 13.2. The summed E-state index contributed by atoms with van der Waals surface area (Å²) < 4.78 is 1.80. The van der Waals surface area contributed by atoms with E-state index in [-0.39, 0.29) is 24.8 Å². The van der Waals surface area contributed by atoms with Crippen molar-refractivity contribution < 1.29 is 49.0 Å². The maximum Gasteiger partial charge on any atom is -0.0771 e. The van der Waals surface area contributed by atoms with Crippen LogP contribution in [0.15, 0.2) is 72.3 Å². The summed E-state index contributed by atoms with van der Waals surface area (Å²) in [6.45, 7) is 2.27. The normalized spacial score (nSPS) is 30.5. The number of allylic oxidation sites excluding steroid dienone is 4. The minimum Gasteiger partial charge on any atom is -0.126 e. The van der Waals surface area contributed by atoms with Gasteiger partial charge in [0.1, 0.15) is 0 Å². The van der Waals surface area contributed by atoms with Gasteiger partial charge in [-0.05, 0) is 61.7 Å². The third kappa shape index (κ3) is 6.53. The Kier molecular flexibility index (Phi) is 10.4. The van der Waals surface area contributed by atoms with E-state index in [4.69, 9.17) is 0 Å². The first-order valence-electron chi connectivity index (χ1n) is 14.5. The Morgan fingerprint density at radius 3 is 1.68 bits per heavy atom. The number of benzene rings is 2. The van der Waals surface area contributed by atoms with Gasteiger partial charge in [0.2, 0.25) is 0 Å². The zero-order valence-corrected chi connectivity index (χ0v) is 26.7. The van der Waals surface area contributed by atoms with Crippen LogP contribution in [0, 0.1) is 35.2 Å². The van der Waals surface area contributed by atoms with Crippen LogP contribution in [0.1, 0.15) is 77.6 Å². The van der Waals surface area contributed by atoms with Gasteiger partial charge in [-0.2, -0.15) is 6.08 Å². The first kappa shape index (κ1) is 30.1. The van der Waals surface area contributed by atoms with Gasteiger partial charge in [-0.3, -0.25) is 6.08 Å². The number of rotatable bonds is 1. The van der Waals surface area contributed by atoms with Crippen LogP contribution in [0.25, 0.3) is 21.5 Å². The first-order chi connectivity index (χ1) is 17.6. The second-order valence-corrected chi connectivity index (χ2v) is 14.1. The van der Waals surface area contributed by atoms with Crippen molar-refractivity contribution in [3.63, 3.8) is 0 Å². The van der Waals surface area contributed by atoms with Gasteiger partial charge in [0.15, 0.2) is 0 Å². The molecule has 0 radical (unpaired) electrons. The summed E-state index contributed by atoms with van der Waals surface area (Å²) in [6.07, 6.45) is 24.9. The van der Waals surface area contributed by atoms with E-state index in [1.165, 1.54) is 72.9 Å². The van der Waals surface area contributed by atoms with E-state index in [0.29, 0.717) is 11.3 Å². The Bertz CT molecular complexity index is 1200. The molecule has 0 aliphatic heterocycles. The fourth-order valence-electron chi connectivity index (χ4n) is 8.23. The molecule has 0 amide bonds. The van der Waals surface area contributed by atoms with Crippen LogP contribution in [0.5, 0.6) is 0 Å². The average molecular weight is 623 g/mol. The van der Waals surface area contributed by atoms with Gasteiger partial charge in [-0.15, -0.1) is 39.7 Å². The third-order valence-corrected chi connectivity index (χ3v) is 10.8. The van der Waals surface area contributed by atoms with E-state index in [1.54, 1.807) is 52.3 Å². The Hall–Kier alpha value is -0.877. The summed E-state index contributed by atoms with van der Waals surface area (Å²) in [4.78, 5) is 0. The van der Waals surface area contributed by atoms with Crippen LogP contribution in [0.4, 0.5) is 0 Å². The van der Waals surface area contributed by atoms with Crippen LogP contribution in [-0.4, -0.2) is 3.21 Å². The van der Waals surface area contributed by atoms with Gasteiger partial charge in [0, 0.05) is 0 Å². The van der Waals surface area contributed by atoms with Gasteiger partial charge in [0.05, 0.1) is 0 Å². The SMILES string of the molecule is CC1[C-]=C(C23CC4CC(CC(C4)C2)C3)C=C1.[Cl-].[Cl-].[Zr+2]=[C]1CCCCC1.c1ccc2c(c1)[cH-]c1ccccc12. The average Bonchev–Trinajstić information content (AvgIpc) is 3.49. The van der Waals surface area contributed by atoms with Crippen LogP contribution >= 0.6 is 0 Å². The summed E-state index contributed by atoms with van der Waals surface area (Å²) in [5.74, 6) is 3.75. The topological polar surface area (TPSA) is 0 Å². The van der Waals surface area contributed by atoms with Crippen molar-refractivity contribution >= 4 is 24.8 Å². The molecule has 200 valence electrons. The summed E-state index contributed by atoms with van der Waals surface area (Å²) in [5, 5.41) is 5.39. The van der Waals surface area contributed by atoms with Crippen molar-refractivity contribution in [3.8, 4) is 0 Å². The molecule has 0 N–H and O–H groups in total. The fourth-order valence-corrected chi connectivity index (χ4v) is 9.10. The molecule has 6 aliphatic rings. The molecular formula is C35H40Cl2Zr-2. The molecule has 0 nitrogen and oxygen atoms in total. The van der Waals surface area contributed by atoms with E-state index in [2.05, 4.69) is 79.7 Å². The Labute approximate surface area is 257 Å². The van der Waals surface area contributed by atoms with E-state index >= 15 is 0 Å². The predicted octanol–water partition coefficient (Wildman–Crippen LogP) is 3.53. The molecule has 9 rings (SSSR count). The first-order valence-corrected chi connectivity index (χ1v) is 15.7. The molecule has 0 saturated heterocycles. The summed E-state index contributed by atoms with van der Waals surface area (Å²) >= 11 is 1.69. The van der Waals surface area contributed by atoms with E-state index in [0.717, 1.165) is 17.8 Å². The molecular weight excluding hydrogens is 583 g/mol. The Morgan fingerprint density at radius 1 is 0.763 bits per heavy atom. The van der Waals surface area contributed by atoms with Gasteiger partial charge >= 0.3 is 59.5 Å². The second-order valence-electron chi connectivity index (χ2n) is 12.4. The van der Waals surface area contributed by atoms with Crippen molar-refractivity contribution in [2.45, 2.75) is 77.6 Å². The number of hydrogen-bond acceptors (Lipinski definition) is 0. The van der Waals surface area contributed by atoms with Crippen molar-refractivity contribution in [3.05, 3.63) is 78.4 Å². The van der Waals surface area contributed by atoms with Crippen molar-refractivity contribution in [1.82, 2.24) is 0 Å². The molecule has 3 aromatic rings. The molecule has 4 bridgehead atoms. The predicted molar refractivity (Wildman–Crippen MR) is 151 cm³/mol. The minimum absolute atomic E-state index is 0. The molecule has 3 aromatic carbocycles. The maximum atomic E-state index is 3.72. The van der Waals surface area contributed by atoms with E-state index < -0.39 is 0 Å². The molecule has 3 heteroatoms. The molecule has 0 spiro atoms. The smallest absolute Gasteiger partial charge is 0.0771 e. The number of halogens is 2. The zero-order chi connectivity index (χ0) is 24.5. The summed E-state index contributed by atoms with van der Waals surface area (Å²) in [5.41, 5.74) is 2.18. The van der Waals surface area contributed by atoms with Crippen LogP contribution in [-0.2, 0) is 24.2 Å². The molecule has 5 fully saturated rings. The minimum atomic E-state index is 0. The van der Waals surface area contributed by atoms with Crippen molar-refractivity contribution in [2.24, 2.45) is 29.1 Å². The van der Waals surface area contributed by atoms with Gasteiger partial charge in [-0.1, -0.05) is 49.2 Å². The van der Waals surface area contributed by atoms with Gasteiger partial charge in [0.25, 0.3) is 0 Å². The standard InChI is InChI=1S/C16H21.C13H9.C6H10.2ClH.Zr/c1-11-2-3-15(4-11)16-8-12-5-13(9-16)7-14(6-12)10-16;1-3-7-12-10(5-1)9-11-6-2-4-8-13(11)12;1-2-4-6-5-3-1;;;/h2-3,11-14H,5-10H2,1H3;1-9H;1-5H2;2*1H;/q2*-1;;;;+2/p-2. The van der Waals surface area contributed by atoms with Gasteiger partial charge < -0.3 is 24.8 Å². The Morgan fingerprint density at radius 2 is 1.26 bits per heavy atom. The van der Waals surface area contributed by atoms with Crippen LogP contribution < -0.4 is 24.8 Å². The largest absolute Gasteiger partial charge is 0.126 e. The van der Waals surface area contributed by atoms with E-state index in [9.17, 15) is 0 Å². The van der Waals surface area contributed by atoms with Gasteiger partial charge in [-0.25, -0.2) is 11.6 Å². The molecule has 6 aliphatic carbocycles. The maximum absolute atomic E-state index is 3.72. The fraction of sp³-hybridized carbons (Fsp3) is 0.486. The molecule has 38 heavy (non-hydrogen) atoms. The molecule has 0 aromatic heterocycles. The molecule has 1 atom stereocenters. The molecule has 5 saturated carbocycles. The number of fused-ring (bicyclic) bond motifs is 3. The number of hydrogen-bond donors (Lipinski definition) is 0. The van der Waals surface area contributed by atoms with E-state index in [1.807, 2.05) is 0 Å². The Balaban J connectivity index is 0.000000139.